The highest BCUT2D eigenvalue weighted by Gasteiger charge is 2.28. The van der Waals surface area contributed by atoms with E-state index in [4.69, 9.17) is 0 Å². The molecule has 1 fully saturated rings. The molecule has 1 atom stereocenters. The summed E-state index contributed by atoms with van der Waals surface area (Å²) in [5.74, 6) is 0. The molecule has 0 aromatic rings. The van der Waals surface area contributed by atoms with E-state index in [1.165, 1.54) is 37.9 Å². The van der Waals surface area contributed by atoms with Crippen LogP contribution in [0.3, 0.4) is 0 Å². The molecule has 1 nitrogen and oxygen atoms in total. The Hall–Kier alpha value is -0.300. The average molecular weight is 167 g/mol. The Bertz CT molecular complexity index is 174. The van der Waals surface area contributed by atoms with Crippen molar-refractivity contribution >= 4 is 0 Å². The van der Waals surface area contributed by atoms with Crippen molar-refractivity contribution in [3.63, 3.8) is 0 Å². The fourth-order valence-corrected chi connectivity index (χ4v) is 2.46. The van der Waals surface area contributed by atoms with Crippen molar-refractivity contribution in [3.8, 4) is 0 Å². The van der Waals surface area contributed by atoms with Crippen LogP contribution >= 0.6 is 0 Å². The van der Waals surface area contributed by atoms with Crippen molar-refractivity contribution in [1.82, 2.24) is 4.90 Å². The first-order valence-corrected chi connectivity index (χ1v) is 4.85. The normalized spacial score (nSPS) is 31.9. The predicted molar refractivity (Wildman–Crippen MR) is 54.3 cm³/mol. The monoisotopic (exact) mass is 167 g/mol. The predicted octanol–water partition coefficient (Wildman–Crippen LogP) is 2.68. The Balaban J connectivity index is 2.51. The van der Waals surface area contributed by atoms with Crippen molar-refractivity contribution in [2.75, 3.05) is 20.1 Å². The van der Waals surface area contributed by atoms with Gasteiger partial charge in [-0.2, -0.15) is 0 Å². The van der Waals surface area contributed by atoms with Crippen molar-refractivity contribution < 1.29 is 0 Å². The summed E-state index contributed by atoms with van der Waals surface area (Å²) in [7, 11) is 2.22. The fraction of sp³-hybridized carbons (Fsp3) is 0.818. The van der Waals surface area contributed by atoms with Gasteiger partial charge in [-0.3, -0.25) is 0 Å². The van der Waals surface area contributed by atoms with Crippen LogP contribution in [0, 0.1) is 5.41 Å². The molecule has 1 aliphatic heterocycles. The van der Waals surface area contributed by atoms with Gasteiger partial charge in [-0.25, -0.2) is 0 Å². The topological polar surface area (TPSA) is 3.24 Å². The molecule has 1 aliphatic rings. The lowest BCUT2D eigenvalue weighted by Crippen LogP contribution is -2.39. The standard InChI is InChI=1S/C11H21N/c1-10(2)8-11(3)6-5-7-12(4)9-11/h1,5-9H2,2-4H3. The molecule has 1 saturated heterocycles. The minimum Gasteiger partial charge on any atom is -0.306 e. The number of hydrogen-bond acceptors (Lipinski definition) is 1. The molecule has 0 N–H and O–H groups in total. The molecule has 0 aromatic heterocycles. The molecular formula is C11H21N. The molecule has 0 aliphatic carbocycles. The van der Waals surface area contributed by atoms with Crippen LogP contribution in [0.2, 0.25) is 0 Å². The van der Waals surface area contributed by atoms with Crippen LogP contribution in [-0.2, 0) is 0 Å². The molecule has 0 saturated carbocycles. The van der Waals surface area contributed by atoms with Gasteiger partial charge in [0.1, 0.15) is 0 Å². The number of rotatable bonds is 2. The number of hydrogen-bond donors (Lipinski definition) is 0. The third-order valence-corrected chi connectivity index (χ3v) is 2.70. The van der Waals surface area contributed by atoms with Gasteiger partial charge in [0, 0.05) is 6.54 Å². The molecular weight excluding hydrogens is 146 g/mol. The summed E-state index contributed by atoms with van der Waals surface area (Å²) >= 11 is 0. The fourth-order valence-electron chi connectivity index (χ4n) is 2.46. The zero-order valence-electron chi connectivity index (χ0n) is 8.69. The average Bonchev–Trinajstić information content (AvgIpc) is 1.82. The van der Waals surface area contributed by atoms with Crippen LogP contribution in [-0.4, -0.2) is 25.0 Å². The van der Waals surface area contributed by atoms with Gasteiger partial charge >= 0.3 is 0 Å². The van der Waals surface area contributed by atoms with Gasteiger partial charge in [0.2, 0.25) is 0 Å². The molecule has 1 heterocycles. The SMILES string of the molecule is C=C(C)CC1(C)CCCN(C)C1. The third-order valence-electron chi connectivity index (χ3n) is 2.70. The van der Waals surface area contributed by atoms with Crippen LogP contribution < -0.4 is 0 Å². The molecule has 1 heteroatoms. The van der Waals surface area contributed by atoms with E-state index in [2.05, 4.69) is 32.4 Å². The van der Waals surface area contributed by atoms with Gasteiger partial charge in [-0.15, -0.1) is 6.58 Å². The summed E-state index contributed by atoms with van der Waals surface area (Å²) in [5, 5.41) is 0. The van der Waals surface area contributed by atoms with Crippen LogP contribution in [0.25, 0.3) is 0 Å². The Morgan fingerprint density at radius 1 is 1.58 bits per heavy atom. The van der Waals surface area contributed by atoms with Crippen LogP contribution in [0.5, 0.6) is 0 Å². The lowest BCUT2D eigenvalue weighted by Gasteiger charge is -2.39. The Morgan fingerprint density at radius 2 is 2.25 bits per heavy atom. The number of nitrogens with zero attached hydrogens (tertiary/aromatic N) is 1. The maximum atomic E-state index is 4.00. The number of piperidine rings is 1. The minimum atomic E-state index is 0.499. The van der Waals surface area contributed by atoms with E-state index in [9.17, 15) is 0 Å². The second kappa shape index (κ2) is 3.61. The summed E-state index contributed by atoms with van der Waals surface area (Å²) in [6.45, 7) is 11.0. The van der Waals surface area contributed by atoms with Crippen molar-refractivity contribution in [2.24, 2.45) is 5.41 Å². The lowest BCUT2D eigenvalue weighted by molar-refractivity contribution is 0.126. The molecule has 1 unspecified atom stereocenters. The van der Waals surface area contributed by atoms with E-state index in [1.54, 1.807) is 0 Å². The second-order valence-corrected chi connectivity index (χ2v) is 4.79. The first kappa shape index (κ1) is 9.79. The van der Waals surface area contributed by atoms with Crippen LogP contribution in [0.4, 0.5) is 0 Å². The first-order chi connectivity index (χ1) is 5.52. The third kappa shape index (κ3) is 2.63. The van der Waals surface area contributed by atoms with Gasteiger partial charge in [0.25, 0.3) is 0 Å². The minimum absolute atomic E-state index is 0.499. The summed E-state index contributed by atoms with van der Waals surface area (Å²) < 4.78 is 0. The summed E-state index contributed by atoms with van der Waals surface area (Å²) in [6, 6.07) is 0. The molecule has 70 valence electrons. The van der Waals surface area contributed by atoms with E-state index in [0.717, 1.165) is 0 Å². The molecule has 0 aromatic carbocycles. The van der Waals surface area contributed by atoms with Crippen LogP contribution in [0.1, 0.15) is 33.1 Å². The maximum Gasteiger partial charge on any atom is 0.00353 e. The van der Waals surface area contributed by atoms with Gasteiger partial charge in [-0.05, 0) is 45.2 Å². The maximum absolute atomic E-state index is 4.00. The van der Waals surface area contributed by atoms with E-state index in [1.807, 2.05) is 0 Å². The first-order valence-electron chi connectivity index (χ1n) is 4.85. The van der Waals surface area contributed by atoms with Gasteiger partial charge in [-0.1, -0.05) is 12.5 Å². The molecule has 0 bridgehead atoms. The van der Waals surface area contributed by atoms with Crippen molar-refractivity contribution in [1.29, 1.82) is 0 Å². The summed E-state index contributed by atoms with van der Waals surface area (Å²) in [5.41, 5.74) is 1.83. The van der Waals surface area contributed by atoms with E-state index < -0.39 is 0 Å². The van der Waals surface area contributed by atoms with Crippen molar-refractivity contribution in [3.05, 3.63) is 12.2 Å². The van der Waals surface area contributed by atoms with Crippen molar-refractivity contribution in [2.45, 2.75) is 33.1 Å². The van der Waals surface area contributed by atoms with Gasteiger partial charge < -0.3 is 4.90 Å². The highest BCUT2D eigenvalue weighted by atomic mass is 15.1. The zero-order chi connectivity index (χ0) is 9.19. The molecule has 0 spiro atoms. The summed E-state index contributed by atoms with van der Waals surface area (Å²) in [4.78, 5) is 2.44. The van der Waals surface area contributed by atoms with E-state index >= 15 is 0 Å². The molecule has 12 heavy (non-hydrogen) atoms. The number of allylic oxidation sites excluding steroid dienone is 1. The highest BCUT2D eigenvalue weighted by Crippen LogP contribution is 2.34. The smallest absolute Gasteiger partial charge is 0.00353 e. The molecule has 1 rings (SSSR count). The Labute approximate surface area is 76.5 Å². The lowest BCUT2D eigenvalue weighted by atomic mass is 9.77. The summed E-state index contributed by atoms with van der Waals surface area (Å²) in [6.07, 6.45) is 3.90. The number of likely N-dealkylation sites (tertiary alicyclic amines) is 1. The van der Waals surface area contributed by atoms with Crippen LogP contribution in [0.15, 0.2) is 12.2 Å². The quantitative estimate of drug-likeness (QED) is 0.572. The largest absolute Gasteiger partial charge is 0.306 e. The van der Waals surface area contributed by atoms with E-state index in [-0.39, 0.29) is 0 Å². The van der Waals surface area contributed by atoms with E-state index in [0.29, 0.717) is 5.41 Å². The van der Waals surface area contributed by atoms with Gasteiger partial charge in [0.15, 0.2) is 0 Å². The highest BCUT2D eigenvalue weighted by molar-refractivity contribution is 4.97. The zero-order valence-corrected chi connectivity index (χ0v) is 8.69. The Kier molecular flexibility index (Phi) is 2.94. The molecule has 0 radical (unpaired) electrons. The molecule has 0 amide bonds. The Morgan fingerprint density at radius 3 is 2.75 bits per heavy atom. The second-order valence-electron chi connectivity index (χ2n) is 4.79. The van der Waals surface area contributed by atoms with Gasteiger partial charge in [0.05, 0.1) is 0 Å².